The maximum absolute atomic E-state index is 10.9. The van der Waals surface area contributed by atoms with Crippen LogP contribution in [0.1, 0.15) is 93.4 Å². The number of hydrogen-bond donors (Lipinski definition) is 2. The Bertz CT molecular complexity index is 855. The van der Waals surface area contributed by atoms with Crippen LogP contribution in [0.15, 0.2) is 23.8 Å². The summed E-state index contributed by atoms with van der Waals surface area (Å²) in [7, 11) is 0. The molecule has 186 valence electrons. The van der Waals surface area contributed by atoms with E-state index in [1.807, 2.05) is 6.08 Å². The lowest BCUT2D eigenvalue weighted by molar-refractivity contribution is -0.169. The van der Waals surface area contributed by atoms with Gasteiger partial charge in [-0.2, -0.15) is 0 Å². The van der Waals surface area contributed by atoms with Crippen LogP contribution < -0.4 is 0 Å². The Balaban J connectivity index is 1.48. The number of rotatable bonds is 4. The molecule has 0 radical (unpaired) electrons. The minimum atomic E-state index is -0.329. The van der Waals surface area contributed by atoms with Crippen LogP contribution >= 0.6 is 0 Å². The second-order valence-electron chi connectivity index (χ2n) is 14.0. The predicted molar refractivity (Wildman–Crippen MR) is 134 cm³/mol. The van der Waals surface area contributed by atoms with Crippen LogP contribution in [0.2, 0.25) is 0 Å². The summed E-state index contributed by atoms with van der Waals surface area (Å²) in [5.74, 6) is 2.25. The Labute approximate surface area is 202 Å². The van der Waals surface area contributed by atoms with Crippen molar-refractivity contribution in [2.45, 2.75) is 111 Å². The van der Waals surface area contributed by atoms with Gasteiger partial charge in [-0.15, -0.1) is 0 Å². The SMILES string of the molecule is CC(C)=CC(O)C[C@@H](C)[C@H]1CC[C@@]2(C)[C@@H]3C=C[C@@]45OC[C@]3(CC[C@]12C)[C@@H]4CC[C@H](O)C5(C)C. The zero-order valence-corrected chi connectivity index (χ0v) is 22.2. The number of fused-ring (bicyclic) bond motifs is 2. The standard InChI is InChI=1S/C30H48O3/c1-19(2)16-21(31)17-20(3)22-10-12-28(7)23-11-13-30-24(8-9-25(32)26(30,4)5)29(23,18-33-30)15-14-27(22,28)6/h11,13,16,20-25,31-32H,8-10,12,14-15,17-18H2,1-7H3/t20-,21?,22-,23+,24+,25+,27-,28+,29+,30-/m1/s1. The quantitative estimate of drug-likeness (QED) is 0.488. The van der Waals surface area contributed by atoms with Gasteiger partial charge in [0.2, 0.25) is 0 Å². The molecule has 5 aliphatic rings. The van der Waals surface area contributed by atoms with Crippen LogP contribution in [0, 0.1) is 45.3 Å². The van der Waals surface area contributed by atoms with Gasteiger partial charge in [-0.25, -0.2) is 0 Å². The van der Waals surface area contributed by atoms with Gasteiger partial charge in [-0.3, -0.25) is 0 Å². The van der Waals surface area contributed by atoms with E-state index < -0.39 is 0 Å². The summed E-state index contributed by atoms with van der Waals surface area (Å²) >= 11 is 0. The van der Waals surface area contributed by atoms with Gasteiger partial charge in [0, 0.05) is 16.7 Å². The fraction of sp³-hybridized carbons (Fsp3) is 0.867. The first-order valence-electron chi connectivity index (χ1n) is 13.7. The van der Waals surface area contributed by atoms with Crippen molar-refractivity contribution >= 4 is 0 Å². The Morgan fingerprint density at radius 1 is 1.06 bits per heavy atom. The fourth-order valence-corrected chi connectivity index (χ4v) is 10.2. The lowest BCUT2D eigenvalue weighted by Gasteiger charge is -2.65. The molecule has 3 nitrogen and oxygen atoms in total. The second kappa shape index (κ2) is 7.43. The van der Waals surface area contributed by atoms with Crippen molar-refractivity contribution in [3.8, 4) is 0 Å². The number of aliphatic hydroxyl groups is 2. The first kappa shape index (κ1) is 24.1. The molecule has 1 saturated heterocycles. The number of aliphatic hydroxyl groups excluding tert-OH is 2. The van der Waals surface area contributed by atoms with E-state index in [0.29, 0.717) is 29.1 Å². The molecule has 2 N–H and O–H groups in total. The second-order valence-corrected chi connectivity index (χ2v) is 14.0. The molecule has 4 aliphatic carbocycles. The molecule has 1 heterocycles. The molecule has 1 unspecified atom stereocenters. The molecular weight excluding hydrogens is 408 g/mol. The Morgan fingerprint density at radius 2 is 1.79 bits per heavy atom. The third-order valence-corrected chi connectivity index (χ3v) is 12.2. The minimum Gasteiger partial charge on any atom is -0.392 e. The first-order valence-corrected chi connectivity index (χ1v) is 13.7. The highest BCUT2D eigenvalue weighted by atomic mass is 16.5. The third kappa shape index (κ3) is 2.91. The highest BCUT2D eigenvalue weighted by Gasteiger charge is 2.75. The van der Waals surface area contributed by atoms with E-state index in [9.17, 15) is 10.2 Å². The van der Waals surface area contributed by atoms with Crippen LogP contribution in [0.5, 0.6) is 0 Å². The molecule has 4 fully saturated rings. The lowest BCUT2D eigenvalue weighted by Crippen LogP contribution is -2.64. The summed E-state index contributed by atoms with van der Waals surface area (Å²) in [4.78, 5) is 0. The van der Waals surface area contributed by atoms with Gasteiger partial charge >= 0.3 is 0 Å². The molecular formula is C30H48O3. The molecule has 0 amide bonds. The van der Waals surface area contributed by atoms with Crippen molar-refractivity contribution < 1.29 is 14.9 Å². The Morgan fingerprint density at radius 3 is 2.48 bits per heavy atom. The number of ether oxygens (including phenoxy) is 1. The van der Waals surface area contributed by atoms with Crippen LogP contribution in [0.25, 0.3) is 0 Å². The predicted octanol–water partition coefficient (Wildman–Crippen LogP) is 6.29. The number of hydrogen-bond acceptors (Lipinski definition) is 3. The van der Waals surface area contributed by atoms with Gasteiger partial charge in [0.25, 0.3) is 0 Å². The van der Waals surface area contributed by atoms with Crippen molar-refractivity contribution in [1.29, 1.82) is 0 Å². The maximum atomic E-state index is 10.9. The van der Waals surface area contributed by atoms with E-state index in [1.54, 1.807) is 0 Å². The van der Waals surface area contributed by atoms with Crippen molar-refractivity contribution in [2.24, 2.45) is 45.3 Å². The topological polar surface area (TPSA) is 49.7 Å². The Hall–Kier alpha value is -0.640. The monoisotopic (exact) mass is 456 g/mol. The molecule has 0 aromatic carbocycles. The fourth-order valence-electron chi connectivity index (χ4n) is 10.2. The van der Waals surface area contributed by atoms with Gasteiger partial charge in [0.05, 0.1) is 24.4 Å². The lowest BCUT2D eigenvalue weighted by atomic mass is 9.38. The molecule has 10 atom stereocenters. The zero-order chi connectivity index (χ0) is 24.0. The Kier molecular flexibility index (Phi) is 5.42. The zero-order valence-electron chi connectivity index (χ0n) is 22.2. The highest BCUT2D eigenvalue weighted by molar-refractivity contribution is 5.33. The summed E-state index contributed by atoms with van der Waals surface area (Å²) in [6.45, 7) is 17.0. The van der Waals surface area contributed by atoms with Gasteiger partial charge in [0.1, 0.15) is 0 Å². The van der Waals surface area contributed by atoms with Gasteiger partial charge in [-0.1, -0.05) is 58.4 Å². The average molecular weight is 457 g/mol. The smallest absolute Gasteiger partial charge is 0.0972 e. The van der Waals surface area contributed by atoms with E-state index in [-0.39, 0.29) is 34.1 Å². The largest absolute Gasteiger partial charge is 0.392 e. The van der Waals surface area contributed by atoms with E-state index in [0.717, 1.165) is 25.9 Å². The summed E-state index contributed by atoms with van der Waals surface area (Å²) in [6.07, 6.45) is 14.3. The van der Waals surface area contributed by atoms with Crippen molar-refractivity contribution in [2.75, 3.05) is 6.61 Å². The van der Waals surface area contributed by atoms with Crippen molar-refractivity contribution in [3.63, 3.8) is 0 Å². The van der Waals surface area contributed by atoms with Crippen molar-refractivity contribution in [3.05, 3.63) is 23.8 Å². The summed E-state index contributed by atoms with van der Waals surface area (Å²) in [6, 6.07) is 0. The van der Waals surface area contributed by atoms with Gasteiger partial charge < -0.3 is 14.9 Å². The third-order valence-electron chi connectivity index (χ3n) is 12.2. The van der Waals surface area contributed by atoms with Gasteiger partial charge in [-0.05, 0) is 87.4 Å². The van der Waals surface area contributed by atoms with E-state index >= 15 is 0 Å². The van der Waals surface area contributed by atoms with E-state index in [1.165, 1.54) is 31.3 Å². The molecule has 5 rings (SSSR count). The maximum Gasteiger partial charge on any atom is 0.0972 e. The minimum absolute atomic E-state index is 0.222. The molecule has 2 bridgehead atoms. The normalized spacial score (nSPS) is 51.3. The molecule has 3 saturated carbocycles. The average Bonchev–Trinajstić information content (AvgIpc) is 3.11. The molecule has 3 heteroatoms. The van der Waals surface area contributed by atoms with Crippen molar-refractivity contribution in [1.82, 2.24) is 0 Å². The van der Waals surface area contributed by atoms with Crippen LogP contribution in [0.4, 0.5) is 0 Å². The molecule has 0 aromatic rings. The molecule has 1 spiro atoms. The van der Waals surface area contributed by atoms with Crippen LogP contribution in [-0.2, 0) is 4.74 Å². The molecule has 33 heavy (non-hydrogen) atoms. The van der Waals surface area contributed by atoms with Gasteiger partial charge in [0.15, 0.2) is 0 Å². The molecule has 0 aromatic heterocycles. The summed E-state index contributed by atoms with van der Waals surface area (Å²) in [5, 5.41) is 21.6. The van der Waals surface area contributed by atoms with Crippen LogP contribution in [0.3, 0.4) is 0 Å². The molecule has 1 aliphatic heterocycles. The van der Waals surface area contributed by atoms with Crippen LogP contribution in [-0.4, -0.2) is 34.6 Å². The summed E-state index contributed by atoms with van der Waals surface area (Å²) in [5.41, 5.74) is 1.45. The summed E-state index contributed by atoms with van der Waals surface area (Å²) < 4.78 is 6.82. The first-order chi connectivity index (χ1) is 15.3. The van der Waals surface area contributed by atoms with E-state index in [4.69, 9.17) is 4.74 Å². The number of allylic oxidation sites excluding steroid dienone is 2. The van der Waals surface area contributed by atoms with E-state index in [2.05, 4.69) is 60.6 Å². The highest BCUT2D eigenvalue weighted by Crippen LogP contribution is 2.77.